The number of anilines is 1. The molecule has 1 aliphatic heterocycles. The first-order valence-electron chi connectivity index (χ1n) is 5.21. The topological polar surface area (TPSA) is 101 Å². The van der Waals surface area contributed by atoms with E-state index in [9.17, 15) is 14.9 Å². The van der Waals surface area contributed by atoms with Crippen LogP contribution in [0, 0.1) is 10.1 Å². The average molecular weight is 272 g/mol. The lowest BCUT2D eigenvalue weighted by Gasteiger charge is -2.33. The van der Waals surface area contributed by atoms with Gasteiger partial charge in [0, 0.05) is 13.1 Å². The van der Waals surface area contributed by atoms with Crippen LogP contribution in [0.25, 0.3) is 0 Å². The van der Waals surface area contributed by atoms with Crippen LogP contribution in [0.4, 0.5) is 11.5 Å². The van der Waals surface area contributed by atoms with Gasteiger partial charge in [0.2, 0.25) is 16.9 Å². The highest BCUT2D eigenvalue weighted by molar-refractivity contribution is 6.31. The maximum absolute atomic E-state index is 11.5. The second kappa shape index (κ2) is 4.73. The summed E-state index contributed by atoms with van der Waals surface area (Å²) in [5.74, 6) is -0.132. The Hall–Kier alpha value is -1.96. The van der Waals surface area contributed by atoms with Gasteiger partial charge in [0.1, 0.15) is 12.4 Å². The molecule has 2 heterocycles. The van der Waals surface area contributed by atoms with Gasteiger partial charge in [-0.3, -0.25) is 14.9 Å². The van der Waals surface area contributed by atoms with Gasteiger partial charge in [-0.15, -0.1) is 0 Å². The SMILES string of the molecule is CC1C(=O)NCCN1c1ncnc(Cl)c1[N+](=O)[O-]. The van der Waals surface area contributed by atoms with Crippen molar-refractivity contribution in [3.63, 3.8) is 0 Å². The summed E-state index contributed by atoms with van der Waals surface area (Å²) >= 11 is 5.71. The molecule has 1 atom stereocenters. The van der Waals surface area contributed by atoms with Gasteiger partial charge in [0.05, 0.1) is 4.92 Å². The van der Waals surface area contributed by atoms with E-state index >= 15 is 0 Å². The summed E-state index contributed by atoms with van der Waals surface area (Å²) in [7, 11) is 0. The Labute approximate surface area is 107 Å². The standard InChI is InChI=1S/C9H10ClN5O3/c1-5-9(16)11-2-3-14(5)8-6(15(17)18)7(10)12-4-13-8/h4-5H,2-3H2,1H3,(H,11,16). The molecule has 96 valence electrons. The molecule has 1 aromatic heterocycles. The van der Waals surface area contributed by atoms with Crippen molar-refractivity contribution in [2.45, 2.75) is 13.0 Å². The maximum atomic E-state index is 11.5. The van der Waals surface area contributed by atoms with Gasteiger partial charge in [0.15, 0.2) is 0 Å². The van der Waals surface area contributed by atoms with Crippen molar-refractivity contribution < 1.29 is 9.72 Å². The third-order valence-electron chi connectivity index (χ3n) is 2.71. The van der Waals surface area contributed by atoms with Crippen molar-refractivity contribution in [3.8, 4) is 0 Å². The van der Waals surface area contributed by atoms with Crippen molar-refractivity contribution in [2.75, 3.05) is 18.0 Å². The number of carbonyl (C=O) groups excluding carboxylic acids is 1. The molecule has 0 aliphatic carbocycles. The summed E-state index contributed by atoms with van der Waals surface area (Å²) in [5, 5.41) is 13.4. The minimum atomic E-state index is -0.642. The number of rotatable bonds is 2. The van der Waals surface area contributed by atoms with Crippen LogP contribution in [0.15, 0.2) is 6.33 Å². The number of carbonyl (C=O) groups is 1. The molecule has 0 aromatic carbocycles. The van der Waals surface area contributed by atoms with E-state index in [4.69, 9.17) is 11.6 Å². The molecule has 0 radical (unpaired) electrons. The third kappa shape index (κ3) is 2.06. The fourth-order valence-electron chi connectivity index (χ4n) is 1.79. The molecule has 0 saturated carbocycles. The van der Waals surface area contributed by atoms with Crippen LogP contribution >= 0.6 is 11.6 Å². The predicted molar refractivity (Wildman–Crippen MR) is 63.5 cm³/mol. The summed E-state index contributed by atoms with van der Waals surface area (Å²) in [6.07, 6.45) is 1.14. The summed E-state index contributed by atoms with van der Waals surface area (Å²) in [6.45, 7) is 2.48. The molecule has 0 spiro atoms. The van der Waals surface area contributed by atoms with E-state index in [-0.39, 0.29) is 22.6 Å². The Kier molecular flexibility index (Phi) is 3.28. The van der Waals surface area contributed by atoms with E-state index in [2.05, 4.69) is 15.3 Å². The Morgan fingerprint density at radius 2 is 2.33 bits per heavy atom. The molecule has 18 heavy (non-hydrogen) atoms. The first-order chi connectivity index (χ1) is 8.52. The molecule has 1 fully saturated rings. The lowest BCUT2D eigenvalue weighted by molar-refractivity contribution is -0.384. The number of amides is 1. The molecule has 1 aromatic rings. The first-order valence-corrected chi connectivity index (χ1v) is 5.59. The van der Waals surface area contributed by atoms with Gasteiger partial charge in [0.25, 0.3) is 0 Å². The average Bonchev–Trinajstić information content (AvgIpc) is 2.32. The Balaban J connectivity index is 2.47. The Morgan fingerprint density at radius 3 is 3.00 bits per heavy atom. The minimum Gasteiger partial charge on any atom is -0.353 e. The number of nitro groups is 1. The molecule has 1 unspecified atom stereocenters. The zero-order valence-electron chi connectivity index (χ0n) is 9.46. The molecule has 1 N–H and O–H groups in total. The predicted octanol–water partition coefficient (Wildman–Crippen LogP) is 0.363. The van der Waals surface area contributed by atoms with Crippen molar-refractivity contribution in [3.05, 3.63) is 21.6 Å². The van der Waals surface area contributed by atoms with Gasteiger partial charge in [-0.1, -0.05) is 11.6 Å². The smallest absolute Gasteiger partial charge is 0.348 e. The fourth-order valence-corrected chi connectivity index (χ4v) is 1.98. The van der Waals surface area contributed by atoms with Crippen LogP contribution in [-0.2, 0) is 4.79 Å². The Bertz CT molecular complexity index is 509. The van der Waals surface area contributed by atoms with Crippen LogP contribution in [0.1, 0.15) is 6.92 Å². The largest absolute Gasteiger partial charge is 0.353 e. The van der Waals surface area contributed by atoms with Gasteiger partial charge < -0.3 is 10.2 Å². The molecule has 1 saturated heterocycles. The highest BCUT2D eigenvalue weighted by Gasteiger charge is 2.33. The number of aromatic nitrogens is 2. The highest BCUT2D eigenvalue weighted by Crippen LogP contribution is 2.32. The van der Waals surface area contributed by atoms with E-state index in [0.29, 0.717) is 13.1 Å². The number of halogens is 1. The lowest BCUT2D eigenvalue weighted by Crippen LogP contribution is -2.54. The van der Waals surface area contributed by atoms with Crippen LogP contribution in [0.3, 0.4) is 0 Å². The summed E-state index contributed by atoms with van der Waals surface area (Å²) in [4.78, 5) is 30.9. The fraction of sp³-hybridized carbons (Fsp3) is 0.444. The normalized spacial score (nSPS) is 19.6. The van der Waals surface area contributed by atoms with E-state index in [1.165, 1.54) is 0 Å². The van der Waals surface area contributed by atoms with Crippen LogP contribution in [0.5, 0.6) is 0 Å². The molecule has 8 nitrogen and oxygen atoms in total. The van der Waals surface area contributed by atoms with Gasteiger partial charge in [-0.25, -0.2) is 9.97 Å². The molecule has 0 bridgehead atoms. The zero-order valence-corrected chi connectivity index (χ0v) is 10.2. The van der Waals surface area contributed by atoms with E-state index < -0.39 is 11.0 Å². The molecular formula is C9H10ClN5O3. The summed E-state index contributed by atoms with van der Waals surface area (Å²) in [6, 6.07) is -0.539. The second-order valence-electron chi connectivity index (χ2n) is 3.75. The van der Waals surface area contributed by atoms with Crippen molar-refractivity contribution >= 4 is 29.0 Å². The summed E-state index contributed by atoms with van der Waals surface area (Å²) < 4.78 is 0. The lowest BCUT2D eigenvalue weighted by atomic mass is 10.2. The third-order valence-corrected chi connectivity index (χ3v) is 2.99. The Morgan fingerprint density at radius 1 is 1.61 bits per heavy atom. The van der Waals surface area contributed by atoms with Gasteiger partial charge in [-0.05, 0) is 6.92 Å². The number of nitrogens with zero attached hydrogens (tertiary/aromatic N) is 4. The minimum absolute atomic E-state index is 0.0716. The van der Waals surface area contributed by atoms with E-state index in [1.807, 2.05) is 0 Å². The molecular weight excluding hydrogens is 262 g/mol. The van der Waals surface area contributed by atoms with Crippen LogP contribution in [-0.4, -0.2) is 39.9 Å². The van der Waals surface area contributed by atoms with Crippen LogP contribution in [0.2, 0.25) is 5.15 Å². The molecule has 2 rings (SSSR count). The first kappa shape index (κ1) is 12.5. The monoisotopic (exact) mass is 271 g/mol. The number of nitrogens with one attached hydrogen (secondary N) is 1. The van der Waals surface area contributed by atoms with Gasteiger partial charge in [-0.2, -0.15) is 0 Å². The molecule has 9 heteroatoms. The zero-order chi connectivity index (χ0) is 13.3. The van der Waals surface area contributed by atoms with Crippen molar-refractivity contribution in [1.29, 1.82) is 0 Å². The summed E-state index contributed by atoms with van der Waals surface area (Å²) in [5.41, 5.74) is -0.374. The van der Waals surface area contributed by atoms with E-state index in [0.717, 1.165) is 6.33 Å². The molecule has 1 amide bonds. The van der Waals surface area contributed by atoms with Crippen LogP contribution < -0.4 is 10.2 Å². The van der Waals surface area contributed by atoms with Crippen molar-refractivity contribution in [1.82, 2.24) is 15.3 Å². The van der Waals surface area contributed by atoms with Gasteiger partial charge >= 0.3 is 5.69 Å². The number of piperazine rings is 1. The van der Waals surface area contributed by atoms with E-state index in [1.54, 1.807) is 11.8 Å². The van der Waals surface area contributed by atoms with Crippen molar-refractivity contribution in [2.24, 2.45) is 0 Å². The second-order valence-corrected chi connectivity index (χ2v) is 4.11. The highest BCUT2D eigenvalue weighted by atomic mass is 35.5. The number of hydrogen-bond donors (Lipinski definition) is 1. The maximum Gasteiger partial charge on any atom is 0.348 e. The number of hydrogen-bond acceptors (Lipinski definition) is 6. The quantitative estimate of drug-likeness (QED) is 0.473. The molecule has 1 aliphatic rings.